The number of rotatable bonds is 9. The number of hydrogen-bond donors (Lipinski definition) is 1. The second kappa shape index (κ2) is 10.5. The van der Waals surface area contributed by atoms with Crippen LogP contribution in [-0.2, 0) is 32.3 Å². The van der Waals surface area contributed by atoms with Gasteiger partial charge in [-0.1, -0.05) is 11.3 Å². The highest BCUT2D eigenvalue weighted by Gasteiger charge is 2.46. The lowest BCUT2D eigenvalue weighted by Crippen LogP contribution is -2.54. The summed E-state index contributed by atoms with van der Waals surface area (Å²) in [5.41, 5.74) is 0.230. The number of aromatic nitrogens is 3. The first-order chi connectivity index (χ1) is 17.5. The first-order valence-corrected chi connectivity index (χ1v) is 12.1. The maximum atomic E-state index is 13.1. The fourth-order valence-corrected chi connectivity index (χ4v) is 4.21. The number of piperidine rings is 1. The van der Waals surface area contributed by atoms with Gasteiger partial charge >= 0.3 is 5.97 Å². The molecule has 12 nitrogen and oxygen atoms in total. The molecule has 3 heterocycles. The van der Waals surface area contributed by atoms with Crippen molar-refractivity contribution in [3.05, 3.63) is 41.2 Å². The third-order valence-corrected chi connectivity index (χ3v) is 5.83. The molecular formula is C25H29N5O7. The molecule has 37 heavy (non-hydrogen) atoms. The zero-order chi connectivity index (χ0) is 26.7. The monoisotopic (exact) mass is 511 g/mol. The SMILES string of the molecule is CC(C)(C)OC(=O)CCCCn1cc(COc2cccc3c2C(=O)N(C2CCC(=O)NC2=O)C3=O)nn1. The maximum absolute atomic E-state index is 13.1. The van der Waals surface area contributed by atoms with E-state index in [0.29, 0.717) is 31.5 Å². The lowest BCUT2D eigenvalue weighted by atomic mass is 10.0. The molecule has 4 amide bonds. The number of hydrogen-bond acceptors (Lipinski definition) is 9. The zero-order valence-electron chi connectivity index (χ0n) is 21.0. The van der Waals surface area contributed by atoms with Crippen molar-refractivity contribution in [2.24, 2.45) is 0 Å². The Morgan fingerprint density at radius 3 is 2.65 bits per heavy atom. The van der Waals surface area contributed by atoms with Gasteiger partial charge in [0, 0.05) is 19.4 Å². The van der Waals surface area contributed by atoms with E-state index in [1.807, 2.05) is 20.8 Å². The van der Waals surface area contributed by atoms with Gasteiger partial charge in [-0.15, -0.1) is 5.10 Å². The van der Waals surface area contributed by atoms with Crippen molar-refractivity contribution < 1.29 is 33.4 Å². The fourth-order valence-electron chi connectivity index (χ4n) is 4.21. The van der Waals surface area contributed by atoms with Gasteiger partial charge in [-0.25, -0.2) is 0 Å². The van der Waals surface area contributed by atoms with E-state index >= 15 is 0 Å². The Labute approximate surface area is 213 Å². The van der Waals surface area contributed by atoms with Crippen LogP contribution in [0.5, 0.6) is 5.75 Å². The van der Waals surface area contributed by atoms with Gasteiger partial charge in [-0.3, -0.25) is 38.9 Å². The van der Waals surface area contributed by atoms with E-state index in [0.717, 1.165) is 4.90 Å². The van der Waals surface area contributed by atoms with E-state index in [1.54, 1.807) is 23.0 Å². The number of nitrogens with zero attached hydrogens (tertiary/aromatic N) is 4. The lowest BCUT2D eigenvalue weighted by molar-refractivity contribution is -0.155. The van der Waals surface area contributed by atoms with Gasteiger partial charge in [0.25, 0.3) is 11.8 Å². The Bertz CT molecular complexity index is 1250. The van der Waals surface area contributed by atoms with Crippen molar-refractivity contribution in [1.29, 1.82) is 0 Å². The van der Waals surface area contributed by atoms with Crippen LogP contribution in [-0.4, -0.2) is 61.1 Å². The van der Waals surface area contributed by atoms with E-state index in [4.69, 9.17) is 9.47 Å². The maximum Gasteiger partial charge on any atom is 0.306 e. The summed E-state index contributed by atoms with van der Waals surface area (Å²) in [4.78, 5) is 62.5. The van der Waals surface area contributed by atoms with E-state index in [-0.39, 0.29) is 42.3 Å². The number of carbonyl (C=O) groups excluding carboxylic acids is 5. The van der Waals surface area contributed by atoms with Crippen LogP contribution in [0.15, 0.2) is 24.4 Å². The van der Waals surface area contributed by atoms with Crippen molar-refractivity contribution >= 4 is 29.6 Å². The predicted molar refractivity (Wildman–Crippen MR) is 127 cm³/mol. The number of amides is 4. The van der Waals surface area contributed by atoms with Crippen LogP contribution in [0.4, 0.5) is 0 Å². The summed E-state index contributed by atoms with van der Waals surface area (Å²) in [6, 6.07) is 3.61. The minimum atomic E-state index is -1.05. The van der Waals surface area contributed by atoms with Gasteiger partial charge in [0.2, 0.25) is 11.8 Å². The third kappa shape index (κ3) is 6.01. The molecular weight excluding hydrogens is 482 g/mol. The summed E-state index contributed by atoms with van der Waals surface area (Å²) in [5, 5.41) is 10.3. The molecule has 0 saturated carbocycles. The molecule has 1 saturated heterocycles. The molecule has 0 aliphatic carbocycles. The second-order valence-corrected chi connectivity index (χ2v) is 9.93. The second-order valence-electron chi connectivity index (χ2n) is 9.93. The van der Waals surface area contributed by atoms with Crippen LogP contribution >= 0.6 is 0 Å². The standard InChI is InChI=1S/C25H29N5O7/c1-25(2,3)37-20(32)9-4-5-12-29-13-15(27-28-29)14-36-18-8-6-7-16-21(18)24(35)30(23(16)34)17-10-11-19(31)26-22(17)33/h6-8,13,17H,4-5,9-12,14H2,1-3H3,(H,26,31,33). The molecule has 1 N–H and O–H groups in total. The Morgan fingerprint density at radius 1 is 1.14 bits per heavy atom. The Kier molecular flexibility index (Phi) is 7.37. The molecule has 2 aliphatic rings. The van der Waals surface area contributed by atoms with E-state index in [1.165, 1.54) is 6.07 Å². The molecule has 2 aliphatic heterocycles. The number of nitrogens with one attached hydrogen (secondary N) is 1. The van der Waals surface area contributed by atoms with Crippen LogP contribution in [0.25, 0.3) is 0 Å². The zero-order valence-corrected chi connectivity index (χ0v) is 21.0. The van der Waals surface area contributed by atoms with E-state index in [2.05, 4.69) is 15.6 Å². The predicted octanol–water partition coefficient (Wildman–Crippen LogP) is 1.77. The van der Waals surface area contributed by atoms with Crippen molar-refractivity contribution in [2.45, 2.75) is 77.7 Å². The van der Waals surface area contributed by atoms with Gasteiger partial charge < -0.3 is 9.47 Å². The molecule has 2 aromatic rings. The summed E-state index contributed by atoms with van der Waals surface area (Å²) in [5.74, 6) is -2.39. The molecule has 1 aromatic carbocycles. The third-order valence-electron chi connectivity index (χ3n) is 5.83. The van der Waals surface area contributed by atoms with Crippen molar-refractivity contribution in [3.8, 4) is 5.75 Å². The molecule has 4 rings (SSSR count). The molecule has 1 atom stereocenters. The highest BCUT2D eigenvalue weighted by molar-refractivity contribution is 6.24. The van der Waals surface area contributed by atoms with Crippen molar-refractivity contribution in [3.63, 3.8) is 0 Å². The van der Waals surface area contributed by atoms with E-state index < -0.39 is 35.3 Å². The molecule has 0 radical (unpaired) electrons. The number of unbranched alkanes of at least 4 members (excludes halogenated alkanes) is 1. The van der Waals surface area contributed by atoms with E-state index in [9.17, 15) is 24.0 Å². The smallest absolute Gasteiger partial charge is 0.306 e. The molecule has 1 fully saturated rings. The average molecular weight is 512 g/mol. The molecule has 1 unspecified atom stereocenters. The van der Waals surface area contributed by atoms with Crippen molar-refractivity contribution in [1.82, 2.24) is 25.2 Å². The van der Waals surface area contributed by atoms with Crippen LogP contribution in [0.3, 0.4) is 0 Å². The number of benzene rings is 1. The molecule has 196 valence electrons. The first kappa shape index (κ1) is 26.0. The van der Waals surface area contributed by atoms with Gasteiger partial charge in [0.05, 0.1) is 17.3 Å². The van der Waals surface area contributed by atoms with Gasteiger partial charge in [-0.05, 0) is 52.2 Å². The Balaban J connectivity index is 1.33. The van der Waals surface area contributed by atoms with Crippen LogP contribution < -0.4 is 10.1 Å². The molecule has 12 heteroatoms. The number of esters is 1. The van der Waals surface area contributed by atoms with Crippen LogP contribution in [0.1, 0.15) is 79.3 Å². The topological polar surface area (TPSA) is 150 Å². The minimum absolute atomic E-state index is 0.00818. The number of carbonyl (C=O) groups is 5. The number of imide groups is 2. The Morgan fingerprint density at radius 2 is 1.92 bits per heavy atom. The fraction of sp³-hybridized carbons (Fsp3) is 0.480. The minimum Gasteiger partial charge on any atom is -0.486 e. The average Bonchev–Trinajstić information content (AvgIpc) is 3.37. The van der Waals surface area contributed by atoms with Gasteiger partial charge in [0.15, 0.2) is 0 Å². The lowest BCUT2D eigenvalue weighted by Gasteiger charge is -2.27. The van der Waals surface area contributed by atoms with Crippen LogP contribution in [0.2, 0.25) is 0 Å². The van der Waals surface area contributed by atoms with Crippen molar-refractivity contribution in [2.75, 3.05) is 0 Å². The highest BCUT2D eigenvalue weighted by atomic mass is 16.6. The normalized spacial score (nSPS) is 17.6. The first-order valence-electron chi connectivity index (χ1n) is 12.1. The number of ether oxygens (including phenoxy) is 2. The molecule has 0 bridgehead atoms. The number of aryl methyl sites for hydroxylation is 1. The van der Waals surface area contributed by atoms with Gasteiger partial charge in [0.1, 0.15) is 29.7 Å². The number of fused-ring (bicyclic) bond motifs is 1. The molecule has 0 spiro atoms. The van der Waals surface area contributed by atoms with Crippen LogP contribution in [0, 0.1) is 0 Å². The quantitative estimate of drug-likeness (QED) is 0.302. The summed E-state index contributed by atoms with van der Waals surface area (Å²) in [7, 11) is 0. The summed E-state index contributed by atoms with van der Waals surface area (Å²) in [6.45, 7) is 6.06. The summed E-state index contributed by atoms with van der Waals surface area (Å²) >= 11 is 0. The largest absolute Gasteiger partial charge is 0.486 e. The summed E-state index contributed by atoms with van der Waals surface area (Å²) < 4.78 is 12.8. The summed E-state index contributed by atoms with van der Waals surface area (Å²) in [6.07, 6.45) is 3.51. The Hall–Kier alpha value is -4.09. The highest BCUT2D eigenvalue weighted by Crippen LogP contribution is 2.33. The van der Waals surface area contributed by atoms with Gasteiger partial charge in [-0.2, -0.15) is 0 Å². The molecule has 1 aromatic heterocycles.